The van der Waals surface area contributed by atoms with Gasteiger partial charge in [0.2, 0.25) is 5.95 Å². The lowest BCUT2D eigenvalue weighted by atomic mass is 10.0. The molecule has 2 heterocycles. The quantitative estimate of drug-likeness (QED) is 0.278. The van der Waals surface area contributed by atoms with Gasteiger partial charge in [-0.05, 0) is 30.5 Å². The number of primary amides is 1. The second-order valence-electron chi connectivity index (χ2n) is 8.18. The average molecular weight is 469 g/mol. The average Bonchev–Trinajstić information content (AvgIpc) is 2.88. The van der Waals surface area contributed by atoms with Crippen LogP contribution in [0.25, 0.3) is 11.4 Å². The van der Waals surface area contributed by atoms with E-state index >= 15 is 0 Å². The van der Waals surface area contributed by atoms with Crippen LogP contribution in [0.15, 0.2) is 73.1 Å². The maximum Gasteiger partial charge on any atom is 0.252 e. The summed E-state index contributed by atoms with van der Waals surface area (Å²) >= 11 is 0. The van der Waals surface area contributed by atoms with Crippen LogP contribution < -0.4 is 22.1 Å². The maximum atomic E-state index is 11.9. The van der Waals surface area contributed by atoms with E-state index in [-0.39, 0.29) is 18.2 Å². The highest BCUT2D eigenvalue weighted by Gasteiger charge is 2.14. The topological polar surface area (TPSA) is 145 Å². The van der Waals surface area contributed by atoms with Gasteiger partial charge in [-0.1, -0.05) is 54.6 Å². The summed E-state index contributed by atoms with van der Waals surface area (Å²) in [5, 5.41) is 6.54. The number of hydrogen-bond donors (Lipinski definition) is 4. The lowest BCUT2D eigenvalue weighted by molar-refractivity contribution is 0.0998. The zero-order valence-corrected chi connectivity index (χ0v) is 19.5. The minimum atomic E-state index is -0.584. The lowest BCUT2D eigenvalue weighted by Gasteiger charge is -2.15. The molecular formula is C26H28N8O. The van der Waals surface area contributed by atoms with Gasteiger partial charge in [0.05, 0.1) is 17.8 Å². The molecular weight excluding hydrogens is 440 g/mol. The zero-order chi connectivity index (χ0) is 24.6. The minimum absolute atomic E-state index is 0.107. The van der Waals surface area contributed by atoms with Gasteiger partial charge in [0, 0.05) is 30.5 Å². The molecule has 0 bridgehead atoms. The fourth-order valence-electron chi connectivity index (χ4n) is 3.69. The summed E-state index contributed by atoms with van der Waals surface area (Å²) in [7, 11) is 0. The predicted molar refractivity (Wildman–Crippen MR) is 136 cm³/mol. The number of benzene rings is 2. The Labute approximate surface area is 204 Å². The first-order chi connectivity index (χ1) is 17.0. The largest absolute Gasteiger partial charge is 0.365 e. The Hall–Kier alpha value is -4.37. The van der Waals surface area contributed by atoms with Crippen molar-refractivity contribution in [3.05, 3.63) is 95.4 Å². The molecule has 1 amide bonds. The number of nitrogens with one attached hydrogen (secondary N) is 2. The highest BCUT2D eigenvalue weighted by atomic mass is 16.1. The molecule has 0 radical (unpaired) electrons. The minimum Gasteiger partial charge on any atom is -0.365 e. The van der Waals surface area contributed by atoms with Crippen molar-refractivity contribution < 1.29 is 4.79 Å². The molecule has 35 heavy (non-hydrogen) atoms. The van der Waals surface area contributed by atoms with Crippen LogP contribution in [0.3, 0.4) is 0 Å². The summed E-state index contributed by atoms with van der Waals surface area (Å²) < 4.78 is 0. The van der Waals surface area contributed by atoms with E-state index in [1.165, 1.54) is 11.8 Å². The molecule has 9 heteroatoms. The van der Waals surface area contributed by atoms with Gasteiger partial charge in [0.25, 0.3) is 5.91 Å². The third-order valence-corrected chi connectivity index (χ3v) is 5.40. The van der Waals surface area contributed by atoms with Crippen LogP contribution in [-0.2, 0) is 19.5 Å². The number of aromatic nitrogens is 4. The van der Waals surface area contributed by atoms with Crippen molar-refractivity contribution in [1.82, 2.24) is 19.9 Å². The smallest absolute Gasteiger partial charge is 0.252 e. The number of amides is 1. The van der Waals surface area contributed by atoms with Crippen LogP contribution in [0, 0.1) is 0 Å². The number of rotatable bonds is 10. The van der Waals surface area contributed by atoms with E-state index in [1.54, 1.807) is 12.3 Å². The van der Waals surface area contributed by atoms with Crippen LogP contribution in [0.5, 0.6) is 0 Å². The third kappa shape index (κ3) is 6.36. The molecule has 1 atom stereocenters. The normalized spacial score (nSPS) is 11.6. The number of anilines is 2. The van der Waals surface area contributed by atoms with Crippen LogP contribution in [-0.4, -0.2) is 31.9 Å². The first-order valence-corrected chi connectivity index (χ1v) is 11.3. The third-order valence-electron chi connectivity index (χ3n) is 5.40. The Bertz CT molecular complexity index is 1300. The molecule has 2 aromatic carbocycles. The monoisotopic (exact) mass is 468 g/mol. The Morgan fingerprint density at radius 2 is 1.80 bits per heavy atom. The van der Waals surface area contributed by atoms with Crippen molar-refractivity contribution in [3.8, 4) is 11.4 Å². The Morgan fingerprint density at radius 1 is 1.00 bits per heavy atom. The van der Waals surface area contributed by atoms with Crippen molar-refractivity contribution in [2.45, 2.75) is 32.5 Å². The number of carbonyl (C=O) groups excluding carboxylic acids is 1. The van der Waals surface area contributed by atoms with Gasteiger partial charge in [-0.2, -0.15) is 4.98 Å². The highest BCUT2D eigenvalue weighted by Crippen LogP contribution is 2.17. The zero-order valence-electron chi connectivity index (χ0n) is 19.5. The van der Waals surface area contributed by atoms with Gasteiger partial charge in [0.15, 0.2) is 5.82 Å². The molecule has 0 spiro atoms. The fraction of sp³-hybridized carbons (Fsp3) is 0.192. The van der Waals surface area contributed by atoms with E-state index in [0.717, 1.165) is 17.5 Å². The molecule has 0 unspecified atom stereocenters. The number of carbonyl (C=O) groups is 1. The molecule has 178 valence electrons. The van der Waals surface area contributed by atoms with E-state index in [1.807, 2.05) is 42.5 Å². The first kappa shape index (κ1) is 23.8. The number of nitrogens with two attached hydrogens (primary N) is 2. The molecule has 0 saturated carbocycles. The predicted octanol–water partition coefficient (Wildman–Crippen LogP) is 3.15. The molecule has 9 nitrogen and oxygen atoms in total. The second kappa shape index (κ2) is 11.2. The molecule has 6 N–H and O–H groups in total. The summed E-state index contributed by atoms with van der Waals surface area (Å²) in [5.41, 5.74) is 15.2. The van der Waals surface area contributed by atoms with Crippen LogP contribution >= 0.6 is 0 Å². The molecule has 4 aromatic rings. The highest BCUT2D eigenvalue weighted by molar-refractivity contribution is 5.93. The molecule has 4 rings (SSSR count). The standard InChI is InChI=1S/C26H28N8O/c1-17(12-18-6-5-7-19(13-18)14-27)32-26-29-11-10-23(34-26)30-16-22-21(24(28)35)15-31-25(33-22)20-8-3-2-4-9-20/h2-11,13,15,17H,12,14,16,27H2,1H3,(H2,28,35)(H2,29,30,32,34)/t17-/m0/s1. The van der Waals surface area contributed by atoms with Crippen molar-refractivity contribution >= 4 is 17.7 Å². The first-order valence-electron chi connectivity index (χ1n) is 11.3. The maximum absolute atomic E-state index is 11.9. The summed E-state index contributed by atoms with van der Waals surface area (Å²) in [5.74, 6) is 1.03. The molecule has 0 fully saturated rings. The van der Waals surface area contributed by atoms with E-state index in [2.05, 4.69) is 49.6 Å². The van der Waals surface area contributed by atoms with Gasteiger partial charge in [0.1, 0.15) is 5.82 Å². The van der Waals surface area contributed by atoms with E-state index in [4.69, 9.17) is 11.5 Å². The van der Waals surface area contributed by atoms with Crippen LogP contribution in [0.1, 0.15) is 34.1 Å². The van der Waals surface area contributed by atoms with E-state index in [9.17, 15) is 4.79 Å². The van der Waals surface area contributed by atoms with Gasteiger partial charge in [-0.15, -0.1) is 0 Å². The van der Waals surface area contributed by atoms with Crippen molar-refractivity contribution in [2.75, 3.05) is 10.6 Å². The van der Waals surface area contributed by atoms with Gasteiger partial charge in [-0.3, -0.25) is 4.79 Å². The van der Waals surface area contributed by atoms with Crippen molar-refractivity contribution in [2.24, 2.45) is 11.5 Å². The second-order valence-corrected chi connectivity index (χ2v) is 8.18. The lowest BCUT2D eigenvalue weighted by Crippen LogP contribution is -2.20. The van der Waals surface area contributed by atoms with Gasteiger partial charge in [-0.25, -0.2) is 15.0 Å². The summed E-state index contributed by atoms with van der Waals surface area (Å²) in [4.78, 5) is 29.7. The summed E-state index contributed by atoms with van der Waals surface area (Å²) in [6, 6.07) is 19.6. The molecule has 2 aromatic heterocycles. The Balaban J connectivity index is 1.44. The summed E-state index contributed by atoms with van der Waals surface area (Å²) in [6.45, 7) is 2.84. The van der Waals surface area contributed by atoms with E-state index < -0.39 is 5.91 Å². The van der Waals surface area contributed by atoms with Crippen LogP contribution in [0.2, 0.25) is 0 Å². The molecule has 0 aliphatic rings. The molecule has 0 saturated heterocycles. The van der Waals surface area contributed by atoms with Crippen molar-refractivity contribution in [3.63, 3.8) is 0 Å². The summed E-state index contributed by atoms with van der Waals surface area (Å²) in [6.07, 6.45) is 3.94. The number of hydrogen-bond acceptors (Lipinski definition) is 8. The SMILES string of the molecule is C[C@@H](Cc1cccc(CN)c1)Nc1nccc(NCc2nc(-c3ccccc3)ncc2C(N)=O)n1. The van der Waals surface area contributed by atoms with Crippen LogP contribution in [0.4, 0.5) is 11.8 Å². The number of nitrogens with zero attached hydrogens (tertiary/aromatic N) is 4. The molecule has 0 aliphatic carbocycles. The molecule has 0 aliphatic heterocycles. The Morgan fingerprint density at radius 3 is 2.57 bits per heavy atom. The van der Waals surface area contributed by atoms with Crippen molar-refractivity contribution in [1.29, 1.82) is 0 Å². The van der Waals surface area contributed by atoms with E-state index in [0.29, 0.717) is 29.8 Å². The fourth-order valence-corrected chi connectivity index (χ4v) is 3.69. The van der Waals surface area contributed by atoms with Gasteiger partial charge < -0.3 is 22.1 Å². The Kier molecular flexibility index (Phi) is 7.59. The van der Waals surface area contributed by atoms with Gasteiger partial charge >= 0.3 is 0 Å².